The average molecular weight is 366 g/mol. The molecule has 3 rings (SSSR count). The molecule has 3 N–H and O–H groups in total. The molecular weight excluding hydrogens is 330 g/mol. The summed E-state index contributed by atoms with van der Waals surface area (Å²) in [6.45, 7) is 5.21. The highest BCUT2D eigenvalue weighted by atomic mass is 16.5. The number of nitrogens with zero attached hydrogens (tertiary/aromatic N) is 2. The zero-order valence-electron chi connectivity index (χ0n) is 16.3. The van der Waals surface area contributed by atoms with E-state index in [2.05, 4.69) is 25.8 Å². The summed E-state index contributed by atoms with van der Waals surface area (Å²) in [5.74, 6) is 1.38. The van der Waals surface area contributed by atoms with Crippen LogP contribution in [0.3, 0.4) is 0 Å². The van der Waals surface area contributed by atoms with Crippen molar-refractivity contribution in [2.24, 2.45) is 10.9 Å². The highest BCUT2D eigenvalue weighted by molar-refractivity contribution is 5.80. The molecule has 26 heavy (non-hydrogen) atoms. The van der Waals surface area contributed by atoms with Gasteiger partial charge in [0, 0.05) is 38.8 Å². The zero-order chi connectivity index (χ0) is 18.4. The summed E-state index contributed by atoms with van der Waals surface area (Å²) in [6.07, 6.45) is 8.69. The minimum Gasteiger partial charge on any atom is -0.450 e. The van der Waals surface area contributed by atoms with Crippen molar-refractivity contribution >= 4 is 12.1 Å². The molecule has 3 aliphatic rings. The SMILES string of the molecule is CCOC(=O)NC(CNC(=NC)NC1CCN(C2CCCC2)C1)C1CC1. The molecule has 7 heteroatoms. The van der Waals surface area contributed by atoms with Gasteiger partial charge in [-0.25, -0.2) is 4.79 Å². The van der Waals surface area contributed by atoms with Crippen LogP contribution in [-0.2, 0) is 4.74 Å². The fourth-order valence-corrected chi connectivity index (χ4v) is 4.26. The van der Waals surface area contributed by atoms with E-state index in [9.17, 15) is 4.79 Å². The topological polar surface area (TPSA) is 78.0 Å². The summed E-state index contributed by atoms with van der Waals surface area (Å²) < 4.78 is 5.02. The van der Waals surface area contributed by atoms with E-state index in [1.54, 1.807) is 0 Å². The maximum Gasteiger partial charge on any atom is 0.407 e. The number of guanidine groups is 1. The Balaban J connectivity index is 1.41. The normalized spacial score (nSPS) is 25.9. The maximum atomic E-state index is 11.7. The second-order valence-electron chi connectivity index (χ2n) is 7.82. The minimum atomic E-state index is -0.322. The number of carbonyl (C=O) groups excluding carboxylic acids is 1. The van der Waals surface area contributed by atoms with Gasteiger partial charge in [0.25, 0.3) is 0 Å². The minimum absolute atomic E-state index is 0.103. The van der Waals surface area contributed by atoms with E-state index in [0.717, 1.165) is 18.5 Å². The number of carbonyl (C=O) groups is 1. The van der Waals surface area contributed by atoms with E-state index in [4.69, 9.17) is 4.74 Å². The number of alkyl carbamates (subject to hydrolysis) is 1. The van der Waals surface area contributed by atoms with Gasteiger partial charge in [0.2, 0.25) is 0 Å². The second kappa shape index (κ2) is 9.44. The van der Waals surface area contributed by atoms with Crippen LogP contribution in [0.25, 0.3) is 0 Å². The van der Waals surface area contributed by atoms with Crippen LogP contribution in [-0.4, -0.2) is 68.4 Å². The fourth-order valence-electron chi connectivity index (χ4n) is 4.26. The molecule has 3 fully saturated rings. The van der Waals surface area contributed by atoms with E-state index in [0.29, 0.717) is 25.1 Å². The van der Waals surface area contributed by atoms with Gasteiger partial charge in [-0.05, 0) is 44.9 Å². The zero-order valence-corrected chi connectivity index (χ0v) is 16.3. The monoisotopic (exact) mass is 365 g/mol. The van der Waals surface area contributed by atoms with Crippen molar-refractivity contribution in [2.45, 2.75) is 70.0 Å². The predicted molar refractivity (Wildman–Crippen MR) is 103 cm³/mol. The van der Waals surface area contributed by atoms with Gasteiger partial charge in [-0.2, -0.15) is 0 Å². The van der Waals surface area contributed by atoms with Crippen molar-refractivity contribution in [3.05, 3.63) is 0 Å². The van der Waals surface area contributed by atoms with Crippen molar-refractivity contribution in [1.29, 1.82) is 0 Å². The fraction of sp³-hybridized carbons (Fsp3) is 0.895. The Bertz CT molecular complexity index is 488. The summed E-state index contributed by atoms with van der Waals surface area (Å²) >= 11 is 0. The first-order chi connectivity index (χ1) is 12.7. The summed E-state index contributed by atoms with van der Waals surface area (Å²) in [5.41, 5.74) is 0. The summed E-state index contributed by atoms with van der Waals surface area (Å²) in [5, 5.41) is 9.95. The highest BCUT2D eigenvalue weighted by Gasteiger charge is 2.33. The van der Waals surface area contributed by atoms with E-state index >= 15 is 0 Å². The molecule has 1 aliphatic heterocycles. The molecule has 2 unspecified atom stereocenters. The first-order valence-corrected chi connectivity index (χ1v) is 10.3. The number of ether oxygens (including phenoxy) is 1. The third-order valence-corrected chi connectivity index (χ3v) is 5.88. The summed E-state index contributed by atoms with van der Waals surface area (Å²) in [6, 6.07) is 1.36. The summed E-state index contributed by atoms with van der Waals surface area (Å²) in [4.78, 5) is 18.7. The molecule has 1 saturated heterocycles. The number of rotatable bonds is 7. The third kappa shape index (κ3) is 5.50. The molecule has 2 aliphatic carbocycles. The van der Waals surface area contributed by atoms with E-state index in [-0.39, 0.29) is 12.1 Å². The van der Waals surface area contributed by atoms with E-state index in [1.165, 1.54) is 51.5 Å². The predicted octanol–water partition coefficient (Wildman–Crippen LogP) is 1.69. The Morgan fingerprint density at radius 2 is 2.00 bits per heavy atom. The second-order valence-corrected chi connectivity index (χ2v) is 7.82. The van der Waals surface area contributed by atoms with Crippen molar-refractivity contribution in [3.63, 3.8) is 0 Å². The average Bonchev–Trinajstić information content (AvgIpc) is 3.14. The molecule has 0 spiro atoms. The van der Waals surface area contributed by atoms with Gasteiger partial charge in [-0.15, -0.1) is 0 Å². The lowest BCUT2D eigenvalue weighted by atomic mass is 10.2. The number of aliphatic imine (C=N–C) groups is 1. The molecule has 148 valence electrons. The number of nitrogens with one attached hydrogen (secondary N) is 3. The Morgan fingerprint density at radius 1 is 1.23 bits per heavy atom. The molecule has 0 aromatic rings. The Labute approximate surface area is 157 Å². The number of hydrogen-bond acceptors (Lipinski definition) is 4. The molecular formula is C19H35N5O2. The molecule has 1 amide bonds. The van der Waals surface area contributed by atoms with Crippen LogP contribution in [0, 0.1) is 5.92 Å². The number of hydrogen-bond donors (Lipinski definition) is 3. The molecule has 0 radical (unpaired) electrons. The Kier molecular flexibility index (Phi) is 7.00. The van der Waals surface area contributed by atoms with Crippen LogP contribution in [0.4, 0.5) is 4.79 Å². The Hall–Kier alpha value is -1.50. The smallest absolute Gasteiger partial charge is 0.407 e. The van der Waals surface area contributed by atoms with Crippen LogP contribution in [0.5, 0.6) is 0 Å². The van der Waals surface area contributed by atoms with Gasteiger partial charge in [0.15, 0.2) is 5.96 Å². The van der Waals surface area contributed by atoms with Gasteiger partial charge in [-0.1, -0.05) is 12.8 Å². The van der Waals surface area contributed by atoms with Gasteiger partial charge in [0.05, 0.1) is 12.6 Å². The van der Waals surface area contributed by atoms with Gasteiger partial charge >= 0.3 is 6.09 Å². The van der Waals surface area contributed by atoms with Crippen LogP contribution >= 0.6 is 0 Å². The van der Waals surface area contributed by atoms with Gasteiger partial charge < -0.3 is 20.7 Å². The van der Waals surface area contributed by atoms with Gasteiger partial charge in [-0.3, -0.25) is 9.89 Å². The van der Waals surface area contributed by atoms with Crippen LogP contribution in [0.2, 0.25) is 0 Å². The quantitative estimate of drug-likeness (QED) is 0.473. The maximum absolute atomic E-state index is 11.7. The lowest BCUT2D eigenvalue weighted by molar-refractivity contribution is 0.146. The number of amides is 1. The van der Waals surface area contributed by atoms with E-state index < -0.39 is 0 Å². The largest absolute Gasteiger partial charge is 0.450 e. The van der Waals surface area contributed by atoms with Crippen molar-refractivity contribution in [1.82, 2.24) is 20.9 Å². The summed E-state index contributed by atoms with van der Waals surface area (Å²) in [7, 11) is 1.81. The molecule has 2 saturated carbocycles. The highest BCUT2D eigenvalue weighted by Crippen LogP contribution is 2.32. The molecule has 1 heterocycles. The van der Waals surface area contributed by atoms with Crippen LogP contribution < -0.4 is 16.0 Å². The van der Waals surface area contributed by atoms with Gasteiger partial charge in [0.1, 0.15) is 0 Å². The first kappa shape index (κ1) is 19.3. The number of likely N-dealkylation sites (tertiary alicyclic amines) is 1. The lowest BCUT2D eigenvalue weighted by Crippen LogP contribution is -2.50. The molecule has 0 aromatic heterocycles. The third-order valence-electron chi connectivity index (χ3n) is 5.88. The van der Waals surface area contributed by atoms with Crippen LogP contribution in [0.15, 0.2) is 4.99 Å². The van der Waals surface area contributed by atoms with Crippen molar-refractivity contribution in [3.8, 4) is 0 Å². The lowest BCUT2D eigenvalue weighted by Gasteiger charge is -2.24. The van der Waals surface area contributed by atoms with Crippen molar-refractivity contribution < 1.29 is 9.53 Å². The molecule has 0 bridgehead atoms. The molecule has 7 nitrogen and oxygen atoms in total. The molecule has 2 atom stereocenters. The van der Waals surface area contributed by atoms with E-state index in [1.807, 2.05) is 14.0 Å². The Morgan fingerprint density at radius 3 is 2.65 bits per heavy atom. The molecule has 0 aromatic carbocycles. The van der Waals surface area contributed by atoms with Crippen LogP contribution in [0.1, 0.15) is 51.9 Å². The first-order valence-electron chi connectivity index (χ1n) is 10.3. The standard InChI is InChI=1S/C19H35N5O2/c1-3-26-19(25)23-17(14-8-9-14)12-21-18(20-2)22-15-10-11-24(13-15)16-6-4-5-7-16/h14-17H,3-13H2,1-2H3,(H,23,25)(H2,20,21,22). The van der Waals surface area contributed by atoms with Crippen molar-refractivity contribution in [2.75, 3.05) is 33.3 Å².